The van der Waals surface area contributed by atoms with Crippen LogP contribution in [0.2, 0.25) is 0 Å². The van der Waals surface area contributed by atoms with Crippen LogP contribution >= 0.6 is 0 Å². The molecule has 2 aromatic heterocycles. The van der Waals surface area contributed by atoms with Gasteiger partial charge in [0.25, 0.3) is 0 Å². The Bertz CT molecular complexity index is 964. The maximum absolute atomic E-state index is 14.3. The van der Waals surface area contributed by atoms with Crippen LogP contribution in [0.3, 0.4) is 0 Å². The molecule has 7 nitrogen and oxygen atoms in total. The predicted octanol–water partition coefficient (Wildman–Crippen LogP) is 1.67. The van der Waals surface area contributed by atoms with E-state index in [0.29, 0.717) is 6.07 Å². The predicted molar refractivity (Wildman–Crippen MR) is 96.6 cm³/mol. The van der Waals surface area contributed by atoms with Crippen molar-refractivity contribution < 1.29 is 18.7 Å². The third kappa shape index (κ3) is 4.83. The summed E-state index contributed by atoms with van der Waals surface area (Å²) in [6.45, 7) is -0.520. The Labute approximate surface area is 159 Å². The summed E-state index contributed by atoms with van der Waals surface area (Å²) in [5.74, 6) is -2.20. The summed E-state index contributed by atoms with van der Waals surface area (Å²) in [7, 11) is 0. The maximum atomic E-state index is 14.3. The minimum absolute atomic E-state index is 0.166. The monoisotopic (exact) mass is 385 g/mol. The van der Waals surface area contributed by atoms with Gasteiger partial charge in [-0.3, -0.25) is 9.78 Å². The molecule has 3 rings (SSSR count). The number of aromatic nitrogens is 4. The number of hydrogen-bond donors (Lipinski definition) is 2. The summed E-state index contributed by atoms with van der Waals surface area (Å²) in [6, 6.07) is 6.34. The molecule has 3 aromatic rings. The molecule has 0 aliphatic rings. The van der Waals surface area contributed by atoms with Crippen LogP contribution in [0, 0.1) is 11.6 Å². The van der Waals surface area contributed by atoms with Crippen LogP contribution in [0.25, 0.3) is 6.08 Å². The van der Waals surface area contributed by atoms with Gasteiger partial charge in [-0.1, -0.05) is 12.1 Å². The first-order chi connectivity index (χ1) is 13.5. The number of carbonyl (C=O) groups is 1. The van der Waals surface area contributed by atoms with Crippen molar-refractivity contribution in [2.75, 3.05) is 6.54 Å². The molecule has 0 fully saturated rings. The van der Waals surface area contributed by atoms with E-state index in [9.17, 15) is 18.7 Å². The Kier molecular flexibility index (Phi) is 5.85. The molecule has 1 amide bonds. The second-order valence-electron chi connectivity index (χ2n) is 6.09. The number of rotatable bonds is 7. The topological polar surface area (TPSA) is 92.9 Å². The van der Waals surface area contributed by atoms with Gasteiger partial charge in [-0.2, -0.15) is 5.10 Å². The summed E-state index contributed by atoms with van der Waals surface area (Å²) in [5.41, 5.74) is -1.32. The van der Waals surface area contributed by atoms with Crippen molar-refractivity contribution in [3.8, 4) is 0 Å². The average Bonchev–Trinajstić information content (AvgIpc) is 3.18. The lowest BCUT2D eigenvalue weighted by molar-refractivity contribution is -0.118. The normalized spacial score (nSPS) is 13.4. The van der Waals surface area contributed by atoms with Crippen LogP contribution in [0.5, 0.6) is 0 Å². The number of halogens is 2. The van der Waals surface area contributed by atoms with Crippen molar-refractivity contribution in [2.24, 2.45) is 0 Å². The van der Waals surface area contributed by atoms with E-state index in [0.717, 1.165) is 17.7 Å². The molecule has 9 heteroatoms. The molecule has 0 saturated heterocycles. The van der Waals surface area contributed by atoms with E-state index in [2.05, 4.69) is 20.4 Å². The van der Waals surface area contributed by atoms with Gasteiger partial charge in [0.15, 0.2) is 0 Å². The van der Waals surface area contributed by atoms with Gasteiger partial charge in [0, 0.05) is 30.1 Å². The fraction of sp³-hybridized carbons (Fsp3) is 0.158. The minimum atomic E-state index is -1.87. The summed E-state index contributed by atoms with van der Waals surface area (Å²) >= 11 is 0. The van der Waals surface area contributed by atoms with Crippen molar-refractivity contribution in [2.45, 2.75) is 12.1 Å². The molecule has 0 saturated carbocycles. The first-order valence-electron chi connectivity index (χ1n) is 8.32. The van der Waals surface area contributed by atoms with Crippen LogP contribution in [-0.2, 0) is 16.9 Å². The molecule has 2 N–H and O–H groups in total. The molecular weight excluding hydrogens is 368 g/mol. The lowest BCUT2D eigenvalue weighted by Crippen LogP contribution is -2.44. The number of aliphatic hydroxyl groups is 1. The molecule has 0 aliphatic carbocycles. The van der Waals surface area contributed by atoms with E-state index >= 15 is 0 Å². The third-order valence-electron chi connectivity index (χ3n) is 3.99. The second-order valence-corrected chi connectivity index (χ2v) is 6.09. The zero-order chi connectivity index (χ0) is 20.0. The molecule has 1 unspecified atom stereocenters. The summed E-state index contributed by atoms with van der Waals surface area (Å²) < 4.78 is 28.8. The number of carbonyl (C=O) groups excluding carboxylic acids is 1. The number of amides is 1. The molecule has 0 spiro atoms. The highest BCUT2D eigenvalue weighted by atomic mass is 19.1. The Balaban J connectivity index is 1.77. The smallest absolute Gasteiger partial charge is 0.244 e. The van der Waals surface area contributed by atoms with Gasteiger partial charge in [0.05, 0.1) is 13.1 Å². The summed E-state index contributed by atoms with van der Waals surface area (Å²) in [4.78, 5) is 19.8. The fourth-order valence-electron chi connectivity index (χ4n) is 2.62. The fourth-order valence-corrected chi connectivity index (χ4v) is 2.62. The second kappa shape index (κ2) is 8.49. The van der Waals surface area contributed by atoms with Crippen molar-refractivity contribution >= 4 is 12.0 Å². The van der Waals surface area contributed by atoms with Crippen LogP contribution in [0.1, 0.15) is 11.1 Å². The molecule has 144 valence electrons. The van der Waals surface area contributed by atoms with E-state index in [1.807, 2.05) is 0 Å². The maximum Gasteiger partial charge on any atom is 0.244 e. The van der Waals surface area contributed by atoms with Crippen molar-refractivity contribution in [3.05, 3.63) is 84.2 Å². The zero-order valence-electron chi connectivity index (χ0n) is 14.7. The standard InChI is InChI=1S/C19H17F2N5O2/c20-15-4-5-16(17(21)8-15)19(28,11-26-13-23-12-25-26)10-24-18(27)6-3-14-2-1-7-22-9-14/h1-9,12-13,28H,10-11H2,(H,24,27)/b6-3+. The molecular formula is C19H17F2N5O2. The number of nitrogens with one attached hydrogen (secondary N) is 1. The van der Waals surface area contributed by atoms with E-state index in [1.54, 1.807) is 30.6 Å². The van der Waals surface area contributed by atoms with Crippen LogP contribution in [0.4, 0.5) is 8.78 Å². The lowest BCUT2D eigenvalue weighted by atomic mass is 9.92. The number of pyridine rings is 1. The van der Waals surface area contributed by atoms with Gasteiger partial charge in [-0.25, -0.2) is 18.4 Å². The Morgan fingerprint density at radius 3 is 2.82 bits per heavy atom. The number of hydrogen-bond acceptors (Lipinski definition) is 5. The Morgan fingerprint density at radius 1 is 1.29 bits per heavy atom. The van der Waals surface area contributed by atoms with Gasteiger partial charge in [0.2, 0.25) is 5.91 Å². The highest BCUT2D eigenvalue weighted by Crippen LogP contribution is 2.26. The molecule has 0 bridgehead atoms. The van der Waals surface area contributed by atoms with E-state index < -0.39 is 23.1 Å². The van der Waals surface area contributed by atoms with Crippen LogP contribution in [0.15, 0.2) is 61.5 Å². The number of nitrogens with zero attached hydrogens (tertiary/aromatic N) is 4. The lowest BCUT2D eigenvalue weighted by Gasteiger charge is -2.29. The Morgan fingerprint density at radius 2 is 2.14 bits per heavy atom. The molecule has 1 aromatic carbocycles. The third-order valence-corrected chi connectivity index (χ3v) is 3.99. The van der Waals surface area contributed by atoms with Crippen molar-refractivity contribution in [3.63, 3.8) is 0 Å². The largest absolute Gasteiger partial charge is 0.381 e. The highest BCUT2D eigenvalue weighted by molar-refractivity contribution is 5.91. The van der Waals surface area contributed by atoms with Crippen molar-refractivity contribution in [1.82, 2.24) is 25.1 Å². The first-order valence-corrected chi connectivity index (χ1v) is 8.32. The van der Waals surface area contributed by atoms with E-state index in [-0.39, 0.29) is 18.7 Å². The van der Waals surface area contributed by atoms with E-state index in [1.165, 1.54) is 23.4 Å². The van der Waals surface area contributed by atoms with Crippen LogP contribution < -0.4 is 5.32 Å². The molecule has 1 atom stereocenters. The highest BCUT2D eigenvalue weighted by Gasteiger charge is 2.33. The van der Waals surface area contributed by atoms with Gasteiger partial charge in [0.1, 0.15) is 29.9 Å². The zero-order valence-corrected chi connectivity index (χ0v) is 14.7. The van der Waals surface area contributed by atoms with Gasteiger partial charge in [-0.05, 0) is 23.8 Å². The molecule has 0 radical (unpaired) electrons. The van der Waals surface area contributed by atoms with Gasteiger partial charge < -0.3 is 10.4 Å². The summed E-state index contributed by atoms with van der Waals surface area (Å²) in [5, 5.41) is 17.5. The average molecular weight is 385 g/mol. The molecule has 0 aliphatic heterocycles. The SMILES string of the molecule is O=C(/C=C/c1cccnc1)NCC(O)(Cn1cncn1)c1ccc(F)cc1F. The quantitative estimate of drug-likeness (QED) is 0.604. The summed E-state index contributed by atoms with van der Waals surface area (Å²) in [6.07, 6.45) is 8.62. The molecule has 2 heterocycles. The van der Waals surface area contributed by atoms with Gasteiger partial charge >= 0.3 is 0 Å². The minimum Gasteiger partial charge on any atom is -0.381 e. The van der Waals surface area contributed by atoms with Crippen LogP contribution in [-0.4, -0.2) is 37.3 Å². The molecule has 28 heavy (non-hydrogen) atoms. The van der Waals surface area contributed by atoms with Gasteiger partial charge in [-0.15, -0.1) is 0 Å². The first kappa shape index (κ1) is 19.3. The Hall–Kier alpha value is -3.46. The van der Waals surface area contributed by atoms with Crippen molar-refractivity contribution in [1.29, 1.82) is 0 Å². The number of benzene rings is 1. The van der Waals surface area contributed by atoms with E-state index in [4.69, 9.17) is 0 Å².